The summed E-state index contributed by atoms with van der Waals surface area (Å²) in [6.45, 7) is 1.75. The van der Waals surface area contributed by atoms with Crippen molar-refractivity contribution in [1.29, 1.82) is 0 Å². The van der Waals surface area contributed by atoms with Gasteiger partial charge >= 0.3 is 5.97 Å². The number of carbonyl (C=O) groups is 2. The Morgan fingerprint density at radius 3 is 2.74 bits per heavy atom. The molecule has 1 rings (SSSR count). The number of nitrogens with one attached hydrogen (secondary N) is 1. The van der Waals surface area contributed by atoms with E-state index in [0.29, 0.717) is 13.0 Å². The van der Waals surface area contributed by atoms with Crippen LogP contribution >= 0.6 is 11.6 Å². The van der Waals surface area contributed by atoms with Gasteiger partial charge in [0, 0.05) is 19.9 Å². The summed E-state index contributed by atoms with van der Waals surface area (Å²) in [5.74, 6) is 3.00. The van der Waals surface area contributed by atoms with Gasteiger partial charge in [-0.1, -0.05) is 23.4 Å². The molecular formula is C13H11ClFNO3. The van der Waals surface area contributed by atoms with Gasteiger partial charge < -0.3 is 10.4 Å². The first kappa shape index (κ1) is 15.0. The SMILES string of the molecule is CC(=O)NCCC#Cc1cc(Cl)c(C(=O)O)cc1F. The van der Waals surface area contributed by atoms with Crippen LogP contribution in [0.15, 0.2) is 12.1 Å². The largest absolute Gasteiger partial charge is 0.478 e. The van der Waals surface area contributed by atoms with Gasteiger partial charge in [0.15, 0.2) is 0 Å². The lowest BCUT2D eigenvalue weighted by atomic mass is 10.1. The average Bonchev–Trinajstić information content (AvgIpc) is 2.31. The Morgan fingerprint density at radius 1 is 1.47 bits per heavy atom. The monoisotopic (exact) mass is 283 g/mol. The summed E-state index contributed by atoms with van der Waals surface area (Å²) in [5.41, 5.74) is -0.277. The van der Waals surface area contributed by atoms with Gasteiger partial charge in [-0.3, -0.25) is 4.79 Å². The number of hydrogen-bond donors (Lipinski definition) is 2. The van der Waals surface area contributed by atoms with Gasteiger partial charge in [0.1, 0.15) is 5.82 Å². The molecule has 0 bridgehead atoms. The second-order valence-electron chi connectivity index (χ2n) is 3.65. The quantitative estimate of drug-likeness (QED) is 0.659. The van der Waals surface area contributed by atoms with Crippen molar-refractivity contribution in [3.8, 4) is 11.8 Å². The zero-order valence-corrected chi connectivity index (χ0v) is 10.8. The normalized spacial score (nSPS) is 9.42. The molecule has 4 nitrogen and oxygen atoms in total. The molecule has 0 radical (unpaired) electrons. The Bertz CT molecular complexity index is 575. The maximum absolute atomic E-state index is 13.5. The van der Waals surface area contributed by atoms with Crippen LogP contribution in [0.2, 0.25) is 5.02 Å². The van der Waals surface area contributed by atoms with E-state index in [1.54, 1.807) is 0 Å². The first-order valence-electron chi connectivity index (χ1n) is 5.37. The minimum absolute atomic E-state index is 0.0258. The van der Waals surface area contributed by atoms with E-state index in [1.165, 1.54) is 13.0 Å². The maximum Gasteiger partial charge on any atom is 0.337 e. The van der Waals surface area contributed by atoms with Gasteiger partial charge in [0.2, 0.25) is 5.91 Å². The number of benzene rings is 1. The maximum atomic E-state index is 13.5. The highest BCUT2D eigenvalue weighted by Crippen LogP contribution is 2.20. The van der Waals surface area contributed by atoms with Crippen LogP contribution in [0, 0.1) is 17.7 Å². The summed E-state index contributed by atoms with van der Waals surface area (Å²) in [6, 6.07) is 2.01. The molecule has 0 fully saturated rings. The van der Waals surface area contributed by atoms with Crippen molar-refractivity contribution in [2.45, 2.75) is 13.3 Å². The molecule has 0 saturated heterocycles. The Kier molecular flexibility index (Phi) is 5.34. The second-order valence-corrected chi connectivity index (χ2v) is 4.06. The molecule has 100 valence electrons. The molecular weight excluding hydrogens is 273 g/mol. The summed E-state index contributed by atoms with van der Waals surface area (Å²) in [4.78, 5) is 21.3. The molecule has 0 aliphatic carbocycles. The van der Waals surface area contributed by atoms with Crippen molar-refractivity contribution < 1.29 is 19.1 Å². The third-order valence-electron chi connectivity index (χ3n) is 2.13. The van der Waals surface area contributed by atoms with Crippen LogP contribution in [0.25, 0.3) is 0 Å². The smallest absolute Gasteiger partial charge is 0.337 e. The molecule has 0 aliphatic rings. The van der Waals surface area contributed by atoms with Crippen LogP contribution in [0.4, 0.5) is 4.39 Å². The summed E-state index contributed by atoms with van der Waals surface area (Å²) in [7, 11) is 0. The van der Waals surface area contributed by atoms with Crippen LogP contribution in [0.3, 0.4) is 0 Å². The molecule has 19 heavy (non-hydrogen) atoms. The van der Waals surface area contributed by atoms with E-state index < -0.39 is 11.8 Å². The Balaban J connectivity index is 2.80. The summed E-state index contributed by atoms with van der Waals surface area (Å²) in [6.07, 6.45) is 0.358. The topological polar surface area (TPSA) is 66.4 Å². The highest BCUT2D eigenvalue weighted by Gasteiger charge is 2.12. The van der Waals surface area contributed by atoms with Crippen LogP contribution < -0.4 is 5.32 Å². The van der Waals surface area contributed by atoms with Crippen molar-refractivity contribution in [2.24, 2.45) is 0 Å². The van der Waals surface area contributed by atoms with Gasteiger partial charge in [0.25, 0.3) is 0 Å². The fourth-order valence-corrected chi connectivity index (χ4v) is 1.51. The van der Waals surface area contributed by atoms with Gasteiger partial charge in [-0.25, -0.2) is 9.18 Å². The fourth-order valence-electron chi connectivity index (χ4n) is 1.27. The van der Waals surface area contributed by atoms with Crippen LogP contribution in [-0.4, -0.2) is 23.5 Å². The number of carboxylic acids is 1. The van der Waals surface area contributed by atoms with Gasteiger partial charge in [-0.2, -0.15) is 0 Å². The third kappa shape index (κ3) is 4.60. The van der Waals surface area contributed by atoms with E-state index in [-0.39, 0.29) is 22.1 Å². The predicted molar refractivity (Wildman–Crippen MR) is 68.5 cm³/mol. The van der Waals surface area contributed by atoms with Crippen molar-refractivity contribution in [2.75, 3.05) is 6.54 Å². The molecule has 1 aromatic carbocycles. The van der Waals surface area contributed by atoms with Crippen molar-refractivity contribution in [1.82, 2.24) is 5.32 Å². The Morgan fingerprint density at radius 2 is 2.16 bits per heavy atom. The Labute approximate surface area is 114 Å². The minimum atomic E-state index is -1.30. The average molecular weight is 284 g/mol. The number of hydrogen-bond acceptors (Lipinski definition) is 2. The Hall–Kier alpha value is -2.06. The third-order valence-corrected chi connectivity index (χ3v) is 2.45. The fraction of sp³-hybridized carbons (Fsp3) is 0.231. The van der Waals surface area contributed by atoms with Crippen LogP contribution in [-0.2, 0) is 4.79 Å². The molecule has 0 saturated carbocycles. The van der Waals surface area contributed by atoms with Gasteiger partial charge in [0.05, 0.1) is 16.1 Å². The summed E-state index contributed by atoms with van der Waals surface area (Å²) < 4.78 is 13.5. The van der Waals surface area contributed by atoms with Crippen molar-refractivity contribution in [3.05, 3.63) is 34.1 Å². The predicted octanol–water partition coefficient (Wildman–Crippen LogP) is 2.06. The zero-order chi connectivity index (χ0) is 14.4. The first-order valence-corrected chi connectivity index (χ1v) is 5.75. The van der Waals surface area contributed by atoms with E-state index >= 15 is 0 Å². The molecule has 1 aromatic rings. The van der Waals surface area contributed by atoms with Crippen LogP contribution in [0.5, 0.6) is 0 Å². The molecule has 2 N–H and O–H groups in total. The number of aromatic carboxylic acids is 1. The first-order chi connectivity index (χ1) is 8.91. The van der Waals surface area contributed by atoms with E-state index in [9.17, 15) is 14.0 Å². The molecule has 0 aliphatic heterocycles. The number of amides is 1. The van der Waals surface area contributed by atoms with E-state index in [4.69, 9.17) is 16.7 Å². The van der Waals surface area contributed by atoms with Crippen molar-refractivity contribution >= 4 is 23.5 Å². The van der Waals surface area contributed by atoms with Gasteiger partial charge in [-0.15, -0.1) is 0 Å². The lowest BCUT2D eigenvalue weighted by Crippen LogP contribution is -2.20. The molecule has 0 aromatic heterocycles. The lowest BCUT2D eigenvalue weighted by Gasteiger charge is -2.01. The molecule has 6 heteroatoms. The standard InChI is InChI=1S/C13H11ClFNO3/c1-8(17)16-5-3-2-4-9-6-11(14)10(13(18)19)7-12(9)15/h6-7H,3,5H2,1H3,(H,16,17)(H,18,19). The zero-order valence-electron chi connectivity index (χ0n) is 10.1. The highest BCUT2D eigenvalue weighted by atomic mass is 35.5. The second kappa shape index (κ2) is 6.76. The molecule has 1 amide bonds. The van der Waals surface area contributed by atoms with E-state index in [0.717, 1.165) is 6.07 Å². The number of carbonyl (C=O) groups excluding carboxylic acids is 1. The minimum Gasteiger partial charge on any atom is -0.478 e. The highest BCUT2D eigenvalue weighted by molar-refractivity contribution is 6.33. The molecule has 0 atom stereocenters. The molecule has 0 spiro atoms. The van der Waals surface area contributed by atoms with E-state index in [1.807, 2.05) is 0 Å². The van der Waals surface area contributed by atoms with Gasteiger partial charge in [-0.05, 0) is 12.1 Å². The number of halogens is 2. The molecule has 0 unspecified atom stereocenters. The number of carboxylic acid groups (broad SMARTS) is 1. The lowest BCUT2D eigenvalue weighted by molar-refractivity contribution is -0.118. The van der Waals surface area contributed by atoms with Crippen molar-refractivity contribution in [3.63, 3.8) is 0 Å². The summed E-state index contributed by atoms with van der Waals surface area (Å²) in [5, 5.41) is 11.2. The molecule has 0 heterocycles. The van der Waals surface area contributed by atoms with Crippen LogP contribution in [0.1, 0.15) is 29.3 Å². The van der Waals surface area contributed by atoms with E-state index in [2.05, 4.69) is 17.2 Å². The number of rotatable bonds is 3. The summed E-state index contributed by atoms with van der Waals surface area (Å²) >= 11 is 5.71.